The molecule has 0 aliphatic carbocycles. The number of ketones is 1. The van der Waals surface area contributed by atoms with Crippen LogP contribution >= 0.6 is 0 Å². The van der Waals surface area contributed by atoms with Gasteiger partial charge in [0.05, 0.1) is 13.2 Å². The smallest absolute Gasteiger partial charge is 0.195 e. The zero-order valence-electron chi connectivity index (χ0n) is 6.77. The molecule has 0 bridgehead atoms. The molecule has 1 heterocycles. The zero-order valence-corrected chi connectivity index (χ0v) is 6.77. The van der Waals surface area contributed by atoms with Gasteiger partial charge in [-0.2, -0.15) is 0 Å². The van der Waals surface area contributed by atoms with Crippen molar-refractivity contribution in [1.29, 1.82) is 0 Å². The fraction of sp³-hybridized carbons (Fsp3) is 0.857. The van der Waals surface area contributed by atoms with Crippen LogP contribution in [0.5, 0.6) is 0 Å². The third-order valence-electron chi connectivity index (χ3n) is 1.89. The van der Waals surface area contributed by atoms with Crippen LogP contribution in [0.1, 0.15) is 0 Å². The number of methoxy groups -OCH3 is 1. The van der Waals surface area contributed by atoms with E-state index in [2.05, 4.69) is 0 Å². The van der Waals surface area contributed by atoms with Crippen molar-refractivity contribution in [3.63, 3.8) is 0 Å². The maximum Gasteiger partial charge on any atom is 0.195 e. The Kier molecular flexibility index (Phi) is 3.16. The third-order valence-corrected chi connectivity index (χ3v) is 1.89. The molecule has 1 fully saturated rings. The van der Waals surface area contributed by atoms with Gasteiger partial charge in [0, 0.05) is 7.11 Å². The number of Topliss-reactive ketones (excluding diaryl/α,β-unsaturated/α-hetero) is 1. The molecule has 0 aromatic carbocycles. The van der Waals surface area contributed by atoms with E-state index in [9.17, 15) is 9.90 Å². The summed E-state index contributed by atoms with van der Waals surface area (Å²) in [6, 6.07) is 0. The number of aliphatic hydroxyl groups excluding tert-OH is 2. The Labute approximate surface area is 69.9 Å². The fourth-order valence-electron chi connectivity index (χ4n) is 1.10. The Morgan fingerprint density at radius 1 is 1.75 bits per heavy atom. The average molecular weight is 176 g/mol. The quantitative estimate of drug-likeness (QED) is 0.525. The van der Waals surface area contributed by atoms with Gasteiger partial charge in [-0.15, -0.1) is 0 Å². The van der Waals surface area contributed by atoms with Gasteiger partial charge in [0.15, 0.2) is 5.78 Å². The maximum absolute atomic E-state index is 11.1. The molecular weight excluding hydrogens is 164 g/mol. The van der Waals surface area contributed by atoms with Gasteiger partial charge in [0.2, 0.25) is 0 Å². The summed E-state index contributed by atoms with van der Waals surface area (Å²) in [7, 11) is 1.39. The van der Waals surface area contributed by atoms with Crippen molar-refractivity contribution in [2.24, 2.45) is 0 Å². The van der Waals surface area contributed by atoms with E-state index in [1.54, 1.807) is 0 Å². The van der Waals surface area contributed by atoms with Crippen LogP contribution in [0.25, 0.3) is 0 Å². The largest absolute Gasteiger partial charge is 0.393 e. The van der Waals surface area contributed by atoms with E-state index in [-0.39, 0.29) is 6.61 Å². The lowest BCUT2D eigenvalue weighted by molar-refractivity contribution is -0.171. The second-order valence-corrected chi connectivity index (χ2v) is 2.63. The predicted octanol–water partition coefficient (Wildman–Crippen LogP) is -1.68. The van der Waals surface area contributed by atoms with Crippen molar-refractivity contribution >= 4 is 5.78 Å². The normalized spacial score (nSPS) is 36.9. The molecule has 0 spiro atoms. The Hall–Kier alpha value is -0.490. The Morgan fingerprint density at radius 3 is 2.92 bits per heavy atom. The molecule has 1 saturated heterocycles. The Balaban J connectivity index is 2.59. The summed E-state index contributed by atoms with van der Waals surface area (Å²) in [5.41, 5.74) is 0. The molecule has 5 heteroatoms. The van der Waals surface area contributed by atoms with Crippen LogP contribution < -0.4 is 0 Å². The first kappa shape index (κ1) is 9.60. The highest BCUT2D eigenvalue weighted by Crippen LogP contribution is 2.12. The van der Waals surface area contributed by atoms with Crippen LogP contribution in [0.2, 0.25) is 0 Å². The molecule has 0 radical (unpaired) electrons. The molecule has 0 aromatic rings. The molecule has 3 atom stereocenters. The number of carbonyl (C=O) groups excluding carboxylic acids is 1. The van der Waals surface area contributed by atoms with Crippen molar-refractivity contribution < 1.29 is 24.5 Å². The highest BCUT2D eigenvalue weighted by atomic mass is 16.6. The van der Waals surface area contributed by atoms with Crippen LogP contribution in [0.3, 0.4) is 0 Å². The topological polar surface area (TPSA) is 76.0 Å². The van der Waals surface area contributed by atoms with E-state index >= 15 is 0 Å². The minimum Gasteiger partial charge on any atom is -0.393 e. The second kappa shape index (κ2) is 3.95. The first-order chi connectivity index (χ1) is 5.70. The van der Waals surface area contributed by atoms with Crippen molar-refractivity contribution in [1.82, 2.24) is 0 Å². The summed E-state index contributed by atoms with van der Waals surface area (Å²) in [6.45, 7) is -0.263. The summed E-state index contributed by atoms with van der Waals surface area (Å²) < 4.78 is 9.72. The molecule has 0 amide bonds. The van der Waals surface area contributed by atoms with Gasteiger partial charge >= 0.3 is 0 Å². The van der Waals surface area contributed by atoms with Crippen LogP contribution in [0, 0.1) is 0 Å². The molecule has 12 heavy (non-hydrogen) atoms. The number of carbonyl (C=O) groups is 1. The Bertz CT molecular complexity index is 169. The van der Waals surface area contributed by atoms with E-state index < -0.39 is 30.7 Å². The van der Waals surface area contributed by atoms with Crippen LogP contribution in [0.15, 0.2) is 0 Å². The van der Waals surface area contributed by atoms with Gasteiger partial charge in [0.1, 0.15) is 18.3 Å². The molecule has 1 rings (SSSR count). The fourth-order valence-corrected chi connectivity index (χ4v) is 1.10. The maximum atomic E-state index is 11.1. The third kappa shape index (κ3) is 1.64. The molecule has 5 nitrogen and oxygen atoms in total. The molecule has 2 N–H and O–H groups in total. The predicted molar refractivity (Wildman–Crippen MR) is 38.6 cm³/mol. The van der Waals surface area contributed by atoms with Crippen molar-refractivity contribution in [2.45, 2.75) is 18.3 Å². The second-order valence-electron chi connectivity index (χ2n) is 2.63. The van der Waals surface area contributed by atoms with Crippen molar-refractivity contribution in [3.05, 3.63) is 0 Å². The highest BCUT2D eigenvalue weighted by molar-refractivity contribution is 5.88. The zero-order chi connectivity index (χ0) is 9.14. The van der Waals surface area contributed by atoms with Crippen molar-refractivity contribution in [2.75, 3.05) is 20.3 Å². The van der Waals surface area contributed by atoms with Crippen molar-refractivity contribution in [3.8, 4) is 0 Å². The first-order valence-corrected chi connectivity index (χ1v) is 3.67. The SMILES string of the molecule is COC1COC(CO)C(=O)C1O. The summed E-state index contributed by atoms with van der Waals surface area (Å²) in [6.07, 6.45) is -2.69. The van der Waals surface area contributed by atoms with Gasteiger partial charge in [-0.1, -0.05) is 0 Å². The molecule has 0 aromatic heterocycles. The monoisotopic (exact) mass is 176 g/mol. The summed E-state index contributed by atoms with van der Waals surface area (Å²) >= 11 is 0. The first-order valence-electron chi connectivity index (χ1n) is 3.67. The van der Waals surface area contributed by atoms with Crippen LogP contribution in [-0.4, -0.2) is 54.6 Å². The van der Waals surface area contributed by atoms with E-state index in [0.29, 0.717) is 0 Å². The number of hydrogen-bond acceptors (Lipinski definition) is 5. The molecule has 1 aliphatic heterocycles. The summed E-state index contributed by atoms with van der Waals surface area (Å²) in [5.74, 6) is -0.518. The highest BCUT2D eigenvalue weighted by Gasteiger charge is 2.37. The lowest BCUT2D eigenvalue weighted by Crippen LogP contribution is -2.51. The van der Waals surface area contributed by atoms with Gasteiger partial charge in [-0.25, -0.2) is 0 Å². The number of rotatable bonds is 2. The van der Waals surface area contributed by atoms with Gasteiger partial charge in [-0.05, 0) is 0 Å². The van der Waals surface area contributed by atoms with E-state index in [0.717, 1.165) is 0 Å². The number of aliphatic hydroxyl groups is 2. The standard InChI is InChI=1S/C7H12O5/c1-11-5-3-12-4(2-8)6(9)7(5)10/h4-5,7-8,10H,2-3H2,1H3. The van der Waals surface area contributed by atoms with Gasteiger partial charge in [-0.3, -0.25) is 4.79 Å². The summed E-state index contributed by atoms with van der Waals surface area (Å²) in [5, 5.41) is 17.9. The summed E-state index contributed by atoms with van der Waals surface area (Å²) in [4.78, 5) is 11.1. The molecule has 3 unspecified atom stereocenters. The van der Waals surface area contributed by atoms with E-state index in [4.69, 9.17) is 14.6 Å². The number of hydrogen-bond donors (Lipinski definition) is 2. The minimum atomic E-state index is -1.18. The van der Waals surface area contributed by atoms with Crippen LogP contribution in [-0.2, 0) is 14.3 Å². The molecule has 1 aliphatic rings. The molecule has 0 saturated carbocycles. The minimum absolute atomic E-state index is 0.134. The Morgan fingerprint density at radius 2 is 2.42 bits per heavy atom. The molecule has 70 valence electrons. The average Bonchev–Trinajstić information content (AvgIpc) is 2.10. The van der Waals surface area contributed by atoms with E-state index in [1.807, 2.05) is 0 Å². The van der Waals surface area contributed by atoms with E-state index in [1.165, 1.54) is 7.11 Å². The van der Waals surface area contributed by atoms with Gasteiger partial charge < -0.3 is 19.7 Å². The molecular formula is C7H12O5. The number of ether oxygens (including phenoxy) is 2. The lowest BCUT2D eigenvalue weighted by atomic mass is 10.0. The van der Waals surface area contributed by atoms with Gasteiger partial charge in [0.25, 0.3) is 0 Å². The lowest BCUT2D eigenvalue weighted by Gasteiger charge is -2.29. The van der Waals surface area contributed by atoms with Crippen LogP contribution in [0.4, 0.5) is 0 Å².